The van der Waals surface area contributed by atoms with Gasteiger partial charge in [-0.15, -0.1) is 0 Å². The smallest absolute Gasteiger partial charge is 0.224 e. The maximum absolute atomic E-state index is 13.8. The highest BCUT2D eigenvalue weighted by atomic mass is 19.1. The monoisotopic (exact) mass is 328 g/mol. The largest absolute Gasteiger partial charge is 0.326 e. The van der Waals surface area contributed by atoms with Crippen LogP contribution in [-0.4, -0.2) is 11.8 Å². The molecular weight excluding hydrogens is 307 g/mol. The number of carbonyl (C=O) groups is 2. The van der Waals surface area contributed by atoms with E-state index in [2.05, 4.69) is 17.6 Å². The van der Waals surface area contributed by atoms with Gasteiger partial charge in [-0.1, -0.05) is 31.2 Å². The zero-order valence-corrected chi connectivity index (χ0v) is 13.9. The summed E-state index contributed by atoms with van der Waals surface area (Å²) in [7, 11) is 0. The third-order valence-corrected chi connectivity index (χ3v) is 3.63. The first-order valence-corrected chi connectivity index (χ1v) is 7.92. The number of hydrogen-bond acceptors (Lipinski definition) is 2. The average molecular weight is 328 g/mol. The van der Waals surface area contributed by atoms with Gasteiger partial charge < -0.3 is 10.6 Å². The first-order valence-electron chi connectivity index (χ1n) is 7.92. The Morgan fingerprint density at radius 3 is 2.29 bits per heavy atom. The van der Waals surface area contributed by atoms with Crippen LogP contribution >= 0.6 is 0 Å². The van der Waals surface area contributed by atoms with Gasteiger partial charge in [-0.2, -0.15) is 0 Å². The topological polar surface area (TPSA) is 58.2 Å². The van der Waals surface area contributed by atoms with Crippen LogP contribution in [0.2, 0.25) is 0 Å². The van der Waals surface area contributed by atoms with Crippen molar-refractivity contribution in [3.05, 3.63) is 59.4 Å². The molecule has 0 aliphatic heterocycles. The van der Waals surface area contributed by atoms with Crippen molar-refractivity contribution in [1.82, 2.24) is 0 Å². The molecule has 0 bridgehead atoms. The van der Waals surface area contributed by atoms with Crippen LogP contribution in [0.4, 0.5) is 15.8 Å². The van der Waals surface area contributed by atoms with Crippen LogP contribution in [-0.2, 0) is 22.4 Å². The number of aryl methyl sites for hydroxylation is 2. The maximum atomic E-state index is 13.8. The summed E-state index contributed by atoms with van der Waals surface area (Å²) < 4.78 is 13.8. The summed E-state index contributed by atoms with van der Waals surface area (Å²) in [5, 5.41) is 5.11. The molecular formula is C19H21FN2O2. The Balaban J connectivity index is 1.94. The zero-order valence-electron chi connectivity index (χ0n) is 13.9. The second-order valence-electron chi connectivity index (χ2n) is 5.59. The van der Waals surface area contributed by atoms with Crippen LogP contribution in [0.25, 0.3) is 0 Å². The second-order valence-corrected chi connectivity index (χ2v) is 5.59. The standard InChI is InChI=1S/C19H21FN2O2/c1-3-14-4-6-15(7-5-14)8-11-19(24)22-18-12-16(21-13(2)23)9-10-17(18)20/h4-7,9-10,12H,3,8,11H2,1-2H3,(H,21,23)(H,22,24). The lowest BCUT2D eigenvalue weighted by atomic mass is 10.1. The van der Waals surface area contributed by atoms with Crippen LogP contribution in [0.5, 0.6) is 0 Å². The molecule has 0 aromatic heterocycles. The highest BCUT2D eigenvalue weighted by Gasteiger charge is 2.09. The van der Waals surface area contributed by atoms with E-state index < -0.39 is 5.82 Å². The Morgan fingerprint density at radius 2 is 1.67 bits per heavy atom. The summed E-state index contributed by atoms with van der Waals surface area (Å²) in [6.07, 6.45) is 1.82. The number of amides is 2. The van der Waals surface area contributed by atoms with Gasteiger partial charge in [0.15, 0.2) is 0 Å². The third kappa shape index (κ3) is 5.19. The molecule has 2 rings (SSSR count). The molecule has 5 heteroatoms. The molecule has 0 unspecified atom stereocenters. The lowest BCUT2D eigenvalue weighted by Gasteiger charge is -2.09. The average Bonchev–Trinajstić information content (AvgIpc) is 2.56. The molecule has 4 nitrogen and oxygen atoms in total. The van der Waals surface area contributed by atoms with Crippen LogP contribution < -0.4 is 10.6 Å². The summed E-state index contributed by atoms with van der Waals surface area (Å²) in [4.78, 5) is 23.1. The molecule has 0 heterocycles. The summed E-state index contributed by atoms with van der Waals surface area (Å²) in [6, 6.07) is 12.2. The van der Waals surface area contributed by atoms with Crippen molar-refractivity contribution in [3.63, 3.8) is 0 Å². The number of hydrogen-bond donors (Lipinski definition) is 2. The molecule has 0 fully saturated rings. The normalized spacial score (nSPS) is 10.3. The molecule has 126 valence electrons. The van der Waals surface area contributed by atoms with Crippen LogP contribution in [0, 0.1) is 5.82 Å². The van der Waals surface area contributed by atoms with Crippen molar-refractivity contribution in [3.8, 4) is 0 Å². The van der Waals surface area contributed by atoms with E-state index in [4.69, 9.17) is 0 Å². The number of anilines is 2. The Labute approximate surface area is 141 Å². The second kappa shape index (κ2) is 8.24. The van der Waals surface area contributed by atoms with Crippen molar-refractivity contribution < 1.29 is 14.0 Å². The molecule has 2 amide bonds. The molecule has 0 radical (unpaired) electrons. The number of carbonyl (C=O) groups excluding carboxylic acids is 2. The molecule has 0 aliphatic carbocycles. The predicted octanol–water partition coefficient (Wildman–Crippen LogP) is 3.92. The fourth-order valence-corrected chi connectivity index (χ4v) is 2.31. The molecule has 2 N–H and O–H groups in total. The van der Waals surface area contributed by atoms with E-state index in [1.165, 1.54) is 30.7 Å². The Hall–Kier alpha value is -2.69. The molecule has 0 saturated heterocycles. The number of benzene rings is 2. The molecule has 2 aromatic carbocycles. The highest BCUT2D eigenvalue weighted by Crippen LogP contribution is 2.20. The van der Waals surface area contributed by atoms with Gasteiger partial charge in [0.25, 0.3) is 0 Å². The molecule has 2 aromatic rings. The maximum Gasteiger partial charge on any atom is 0.224 e. The van der Waals surface area contributed by atoms with Gasteiger partial charge in [0.05, 0.1) is 5.69 Å². The van der Waals surface area contributed by atoms with Gasteiger partial charge in [-0.25, -0.2) is 4.39 Å². The van der Waals surface area contributed by atoms with E-state index in [0.29, 0.717) is 12.1 Å². The minimum Gasteiger partial charge on any atom is -0.326 e. The fourth-order valence-electron chi connectivity index (χ4n) is 2.31. The fraction of sp³-hybridized carbons (Fsp3) is 0.263. The first-order chi connectivity index (χ1) is 11.5. The number of rotatable bonds is 6. The molecule has 0 spiro atoms. The summed E-state index contributed by atoms with van der Waals surface area (Å²) in [5.74, 6) is -1.06. The minimum absolute atomic E-state index is 0.0626. The Morgan fingerprint density at radius 1 is 1.00 bits per heavy atom. The van der Waals surface area contributed by atoms with Crippen molar-refractivity contribution in [2.24, 2.45) is 0 Å². The van der Waals surface area contributed by atoms with E-state index in [1.807, 2.05) is 24.3 Å². The van der Waals surface area contributed by atoms with E-state index in [0.717, 1.165) is 12.0 Å². The zero-order chi connectivity index (χ0) is 17.5. The van der Waals surface area contributed by atoms with Crippen LogP contribution in [0.15, 0.2) is 42.5 Å². The van der Waals surface area contributed by atoms with Crippen LogP contribution in [0.1, 0.15) is 31.4 Å². The molecule has 0 aliphatic rings. The highest BCUT2D eigenvalue weighted by molar-refractivity contribution is 5.93. The van der Waals surface area contributed by atoms with Gasteiger partial charge in [0, 0.05) is 19.0 Å². The first kappa shape index (κ1) is 17.7. The Kier molecular flexibility index (Phi) is 6.07. The van der Waals surface area contributed by atoms with Gasteiger partial charge in [0.2, 0.25) is 11.8 Å². The van der Waals surface area contributed by atoms with Gasteiger partial charge >= 0.3 is 0 Å². The van der Waals surface area contributed by atoms with E-state index in [1.54, 1.807) is 0 Å². The minimum atomic E-state index is -0.537. The molecule has 0 atom stereocenters. The van der Waals surface area contributed by atoms with Gasteiger partial charge in [-0.3, -0.25) is 9.59 Å². The number of nitrogens with one attached hydrogen (secondary N) is 2. The van der Waals surface area contributed by atoms with Gasteiger partial charge in [-0.05, 0) is 42.2 Å². The van der Waals surface area contributed by atoms with Gasteiger partial charge in [0.1, 0.15) is 5.82 Å². The van der Waals surface area contributed by atoms with E-state index >= 15 is 0 Å². The lowest BCUT2D eigenvalue weighted by molar-refractivity contribution is -0.116. The van der Waals surface area contributed by atoms with Crippen molar-refractivity contribution >= 4 is 23.2 Å². The third-order valence-electron chi connectivity index (χ3n) is 3.63. The van der Waals surface area contributed by atoms with Crippen molar-refractivity contribution in [2.45, 2.75) is 33.1 Å². The summed E-state index contributed by atoms with van der Waals surface area (Å²) in [6.45, 7) is 3.46. The molecule has 0 saturated carbocycles. The van der Waals surface area contributed by atoms with Crippen molar-refractivity contribution in [2.75, 3.05) is 10.6 Å². The Bertz CT molecular complexity index is 727. The van der Waals surface area contributed by atoms with Crippen LogP contribution in [0.3, 0.4) is 0 Å². The summed E-state index contributed by atoms with van der Waals surface area (Å²) in [5.41, 5.74) is 2.82. The van der Waals surface area contributed by atoms with E-state index in [-0.39, 0.29) is 23.9 Å². The lowest BCUT2D eigenvalue weighted by Crippen LogP contribution is -2.14. The summed E-state index contributed by atoms with van der Waals surface area (Å²) >= 11 is 0. The van der Waals surface area contributed by atoms with E-state index in [9.17, 15) is 14.0 Å². The van der Waals surface area contributed by atoms with Crippen molar-refractivity contribution in [1.29, 1.82) is 0 Å². The quantitative estimate of drug-likeness (QED) is 0.844. The SMILES string of the molecule is CCc1ccc(CCC(=O)Nc2cc(NC(C)=O)ccc2F)cc1. The predicted molar refractivity (Wildman–Crippen MR) is 93.5 cm³/mol. The number of halogens is 1. The molecule has 24 heavy (non-hydrogen) atoms.